The predicted octanol–water partition coefficient (Wildman–Crippen LogP) is -0.336. The van der Waals surface area contributed by atoms with Crippen LogP contribution in [0, 0.1) is 0 Å². The van der Waals surface area contributed by atoms with Crippen LogP contribution in [0.25, 0.3) is 0 Å². The van der Waals surface area contributed by atoms with Crippen molar-refractivity contribution in [3.63, 3.8) is 0 Å². The molecule has 0 aliphatic rings. The summed E-state index contributed by atoms with van der Waals surface area (Å²) in [6, 6.07) is 5.49. The van der Waals surface area contributed by atoms with Crippen LogP contribution in [0.5, 0.6) is 0 Å². The van der Waals surface area contributed by atoms with Gasteiger partial charge in [0, 0.05) is 6.20 Å². The molecule has 0 atom stereocenters. The Bertz CT molecular complexity index is 507. The molecule has 0 bridgehead atoms. The van der Waals surface area contributed by atoms with Gasteiger partial charge in [-0.15, -0.1) is 0 Å². The van der Waals surface area contributed by atoms with Gasteiger partial charge in [-0.1, -0.05) is 6.07 Å². The summed E-state index contributed by atoms with van der Waals surface area (Å²) in [6.07, 6.45) is 3.03. The van der Waals surface area contributed by atoms with Crippen molar-refractivity contribution in [3.05, 3.63) is 46.9 Å². The molecule has 2 heterocycles. The summed E-state index contributed by atoms with van der Waals surface area (Å²) in [5, 5.41) is 0. The maximum absolute atomic E-state index is 11.3. The highest BCUT2D eigenvalue weighted by atomic mass is 16.1. The van der Waals surface area contributed by atoms with Crippen molar-refractivity contribution < 1.29 is 0 Å². The Labute approximate surface area is 85.4 Å². The van der Waals surface area contributed by atoms with E-state index in [0.29, 0.717) is 6.54 Å². The number of hydrogen-bond donors (Lipinski definition) is 1. The van der Waals surface area contributed by atoms with E-state index < -0.39 is 5.69 Å². The molecular weight excluding hydrogens is 194 g/mol. The lowest BCUT2D eigenvalue weighted by molar-refractivity contribution is 0.690. The standard InChI is InChI=1S/C9H9N5O/c10-8-12-6-14(9(15)13-8)5-7-3-1-2-4-11-7/h1-4,6H,5H2,(H2,10,13,15). The van der Waals surface area contributed by atoms with Crippen molar-refractivity contribution >= 4 is 5.95 Å². The molecule has 6 heteroatoms. The maximum Gasteiger partial charge on any atom is 0.352 e. The third-order valence-corrected chi connectivity index (χ3v) is 1.84. The molecule has 2 aromatic heterocycles. The molecule has 2 N–H and O–H groups in total. The zero-order valence-corrected chi connectivity index (χ0v) is 7.87. The monoisotopic (exact) mass is 203 g/mol. The molecule has 0 saturated carbocycles. The molecule has 0 radical (unpaired) electrons. The molecule has 0 spiro atoms. The second kappa shape index (κ2) is 3.87. The fourth-order valence-corrected chi connectivity index (χ4v) is 1.14. The van der Waals surface area contributed by atoms with Crippen LogP contribution in [-0.2, 0) is 6.54 Å². The lowest BCUT2D eigenvalue weighted by atomic mass is 10.3. The van der Waals surface area contributed by atoms with Crippen molar-refractivity contribution in [2.45, 2.75) is 6.54 Å². The Morgan fingerprint density at radius 1 is 1.33 bits per heavy atom. The van der Waals surface area contributed by atoms with E-state index in [2.05, 4.69) is 15.0 Å². The number of hydrogen-bond acceptors (Lipinski definition) is 5. The zero-order valence-electron chi connectivity index (χ0n) is 7.87. The molecular formula is C9H9N5O. The smallest absolute Gasteiger partial charge is 0.352 e. The second-order valence-electron chi connectivity index (χ2n) is 2.95. The number of pyridine rings is 1. The molecule has 2 rings (SSSR count). The first-order valence-corrected chi connectivity index (χ1v) is 4.34. The van der Waals surface area contributed by atoms with Crippen molar-refractivity contribution in [2.75, 3.05) is 5.73 Å². The normalized spacial score (nSPS) is 10.1. The van der Waals surface area contributed by atoms with Gasteiger partial charge in [0.1, 0.15) is 6.33 Å². The van der Waals surface area contributed by atoms with Crippen LogP contribution in [0.1, 0.15) is 5.69 Å². The number of nitrogens with two attached hydrogens (primary N) is 1. The number of rotatable bonds is 2. The fraction of sp³-hybridized carbons (Fsp3) is 0.111. The molecule has 0 amide bonds. The third-order valence-electron chi connectivity index (χ3n) is 1.84. The molecule has 2 aromatic rings. The molecule has 0 unspecified atom stereocenters. The molecule has 0 aliphatic carbocycles. The van der Waals surface area contributed by atoms with E-state index in [4.69, 9.17) is 5.73 Å². The Hall–Kier alpha value is -2.24. The van der Waals surface area contributed by atoms with E-state index in [9.17, 15) is 4.79 Å². The molecule has 76 valence electrons. The highest BCUT2D eigenvalue weighted by Gasteiger charge is 2.00. The van der Waals surface area contributed by atoms with E-state index in [-0.39, 0.29) is 5.95 Å². The van der Waals surface area contributed by atoms with E-state index in [0.717, 1.165) is 5.69 Å². The van der Waals surface area contributed by atoms with Gasteiger partial charge in [-0.2, -0.15) is 4.98 Å². The van der Waals surface area contributed by atoms with Gasteiger partial charge in [0.2, 0.25) is 5.95 Å². The Morgan fingerprint density at radius 3 is 2.87 bits per heavy atom. The highest BCUT2D eigenvalue weighted by molar-refractivity contribution is 5.10. The first-order chi connectivity index (χ1) is 7.25. The van der Waals surface area contributed by atoms with E-state index in [1.165, 1.54) is 10.9 Å². The quantitative estimate of drug-likeness (QED) is 0.721. The van der Waals surface area contributed by atoms with E-state index >= 15 is 0 Å². The highest BCUT2D eigenvalue weighted by Crippen LogP contribution is 1.95. The molecule has 6 nitrogen and oxygen atoms in total. The number of nitrogen functional groups attached to an aromatic ring is 1. The van der Waals surface area contributed by atoms with E-state index in [1.807, 2.05) is 18.2 Å². The topological polar surface area (TPSA) is 86.7 Å². The van der Waals surface area contributed by atoms with Crippen LogP contribution < -0.4 is 11.4 Å². The van der Waals surface area contributed by atoms with Crippen molar-refractivity contribution in [1.29, 1.82) is 0 Å². The summed E-state index contributed by atoms with van der Waals surface area (Å²) < 4.78 is 1.35. The van der Waals surface area contributed by atoms with Gasteiger partial charge in [0.15, 0.2) is 0 Å². The summed E-state index contributed by atoms with van der Waals surface area (Å²) in [7, 11) is 0. The minimum atomic E-state index is -0.423. The Kier molecular flexibility index (Phi) is 2.40. The summed E-state index contributed by atoms with van der Waals surface area (Å²) >= 11 is 0. The van der Waals surface area contributed by atoms with Crippen LogP contribution in [0.2, 0.25) is 0 Å². The summed E-state index contributed by atoms with van der Waals surface area (Å²) in [6.45, 7) is 0.347. The lowest BCUT2D eigenvalue weighted by Gasteiger charge is -2.02. The average Bonchev–Trinajstić information content (AvgIpc) is 2.24. The molecule has 0 saturated heterocycles. The second-order valence-corrected chi connectivity index (χ2v) is 2.95. The van der Waals surface area contributed by atoms with Gasteiger partial charge in [0.05, 0.1) is 12.2 Å². The number of aromatic nitrogens is 4. The first kappa shape index (κ1) is 9.32. The van der Waals surface area contributed by atoms with Crippen molar-refractivity contribution in [3.8, 4) is 0 Å². The van der Waals surface area contributed by atoms with Gasteiger partial charge >= 0.3 is 5.69 Å². The number of anilines is 1. The third kappa shape index (κ3) is 2.16. The summed E-state index contributed by atoms with van der Waals surface area (Å²) in [5.41, 5.74) is 5.62. The van der Waals surface area contributed by atoms with Gasteiger partial charge in [-0.25, -0.2) is 9.78 Å². The zero-order chi connectivity index (χ0) is 10.7. The SMILES string of the molecule is Nc1ncn(Cc2ccccn2)c(=O)n1. The molecule has 0 aromatic carbocycles. The maximum atomic E-state index is 11.3. The summed E-state index contributed by atoms with van der Waals surface area (Å²) in [5.74, 6) is -0.0164. The minimum absolute atomic E-state index is 0.0164. The first-order valence-electron chi connectivity index (χ1n) is 4.34. The Balaban J connectivity index is 2.29. The number of nitrogens with zero attached hydrogens (tertiary/aromatic N) is 4. The molecule has 15 heavy (non-hydrogen) atoms. The fourth-order valence-electron chi connectivity index (χ4n) is 1.14. The largest absolute Gasteiger partial charge is 0.368 e. The van der Waals surface area contributed by atoms with Gasteiger partial charge < -0.3 is 5.73 Å². The van der Waals surface area contributed by atoms with Crippen LogP contribution in [0.4, 0.5) is 5.95 Å². The minimum Gasteiger partial charge on any atom is -0.368 e. The van der Waals surface area contributed by atoms with Crippen molar-refractivity contribution in [1.82, 2.24) is 19.5 Å². The lowest BCUT2D eigenvalue weighted by Crippen LogP contribution is -2.25. The van der Waals surface area contributed by atoms with Crippen molar-refractivity contribution in [2.24, 2.45) is 0 Å². The van der Waals surface area contributed by atoms with Crippen LogP contribution >= 0.6 is 0 Å². The van der Waals surface area contributed by atoms with Crippen LogP contribution in [0.3, 0.4) is 0 Å². The van der Waals surface area contributed by atoms with Gasteiger partial charge in [-0.05, 0) is 12.1 Å². The Morgan fingerprint density at radius 2 is 2.20 bits per heavy atom. The molecule has 0 aliphatic heterocycles. The van der Waals surface area contributed by atoms with E-state index in [1.54, 1.807) is 6.20 Å². The van der Waals surface area contributed by atoms with Gasteiger partial charge in [-0.3, -0.25) is 9.55 Å². The summed E-state index contributed by atoms with van der Waals surface area (Å²) in [4.78, 5) is 22.7. The predicted molar refractivity (Wildman–Crippen MR) is 54.0 cm³/mol. The van der Waals surface area contributed by atoms with Crippen LogP contribution in [-0.4, -0.2) is 19.5 Å². The van der Waals surface area contributed by atoms with Crippen LogP contribution in [0.15, 0.2) is 35.5 Å². The molecule has 0 fully saturated rings. The average molecular weight is 203 g/mol. The van der Waals surface area contributed by atoms with Gasteiger partial charge in [0.25, 0.3) is 0 Å².